The SMILES string of the molecule is C=C(C(=O)OC(C)(C)C)C1OC1CO. The standard InChI is InChI=1S/C10H16O4/c1-6(8-7(5-11)13-8)9(12)14-10(2,3)4/h7-8,11H,1,5H2,2-4H3. The molecule has 0 bridgehead atoms. The lowest BCUT2D eigenvalue weighted by atomic mass is 10.1. The van der Waals surface area contributed by atoms with E-state index in [1.54, 1.807) is 20.8 Å². The zero-order chi connectivity index (χ0) is 10.9. The number of esters is 1. The van der Waals surface area contributed by atoms with Gasteiger partial charge in [-0.3, -0.25) is 0 Å². The van der Waals surface area contributed by atoms with Crippen molar-refractivity contribution in [2.24, 2.45) is 0 Å². The third-order valence-corrected chi connectivity index (χ3v) is 1.77. The summed E-state index contributed by atoms with van der Waals surface area (Å²) in [5.74, 6) is -0.460. The Morgan fingerprint density at radius 1 is 1.57 bits per heavy atom. The number of hydrogen-bond acceptors (Lipinski definition) is 4. The van der Waals surface area contributed by atoms with Crippen LogP contribution < -0.4 is 0 Å². The van der Waals surface area contributed by atoms with E-state index in [0.29, 0.717) is 0 Å². The highest BCUT2D eigenvalue weighted by atomic mass is 16.6. The average molecular weight is 200 g/mol. The van der Waals surface area contributed by atoms with Gasteiger partial charge in [-0.15, -0.1) is 0 Å². The maximum absolute atomic E-state index is 11.4. The van der Waals surface area contributed by atoms with Crippen molar-refractivity contribution in [3.8, 4) is 0 Å². The van der Waals surface area contributed by atoms with Crippen molar-refractivity contribution in [2.45, 2.75) is 38.6 Å². The van der Waals surface area contributed by atoms with Crippen molar-refractivity contribution in [2.75, 3.05) is 6.61 Å². The van der Waals surface area contributed by atoms with E-state index in [-0.39, 0.29) is 24.4 Å². The minimum atomic E-state index is -0.524. The van der Waals surface area contributed by atoms with Gasteiger partial charge in [0.1, 0.15) is 17.8 Å². The van der Waals surface area contributed by atoms with E-state index in [4.69, 9.17) is 14.6 Å². The molecule has 1 aliphatic heterocycles. The monoisotopic (exact) mass is 200 g/mol. The number of carbonyl (C=O) groups is 1. The molecule has 4 heteroatoms. The topological polar surface area (TPSA) is 59.1 Å². The molecule has 0 aromatic carbocycles. The molecule has 0 saturated carbocycles. The van der Waals surface area contributed by atoms with Crippen LogP contribution >= 0.6 is 0 Å². The van der Waals surface area contributed by atoms with Gasteiger partial charge in [-0.1, -0.05) is 6.58 Å². The summed E-state index contributed by atoms with van der Waals surface area (Å²) in [5.41, 5.74) is -0.247. The molecule has 2 unspecified atom stereocenters. The fourth-order valence-corrected chi connectivity index (χ4v) is 1.05. The largest absolute Gasteiger partial charge is 0.457 e. The Kier molecular flexibility index (Phi) is 2.97. The molecule has 0 aliphatic carbocycles. The van der Waals surface area contributed by atoms with Crippen LogP contribution in [0.2, 0.25) is 0 Å². The zero-order valence-corrected chi connectivity index (χ0v) is 8.74. The predicted octanol–water partition coefficient (Wildman–Crippen LogP) is 0.644. The smallest absolute Gasteiger partial charge is 0.336 e. The molecule has 1 aliphatic rings. The molecule has 0 amide bonds. The van der Waals surface area contributed by atoms with Crippen LogP contribution in [-0.2, 0) is 14.3 Å². The van der Waals surface area contributed by atoms with Crippen LogP contribution in [0.15, 0.2) is 12.2 Å². The fourth-order valence-electron chi connectivity index (χ4n) is 1.05. The summed E-state index contributed by atoms with van der Waals surface area (Å²) in [6.07, 6.45) is -0.648. The molecule has 0 aromatic heterocycles. The number of hydrogen-bond donors (Lipinski definition) is 1. The molecule has 0 spiro atoms. The van der Waals surface area contributed by atoms with E-state index in [1.807, 2.05) is 0 Å². The number of epoxide rings is 1. The van der Waals surface area contributed by atoms with E-state index >= 15 is 0 Å². The molecule has 0 radical (unpaired) electrons. The van der Waals surface area contributed by atoms with Gasteiger partial charge in [0.05, 0.1) is 12.2 Å². The summed E-state index contributed by atoms with van der Waals surface area (Å²) in [7, 11) is 0. The molecule has 80 valence electrons. The van der Waals surface area contributed by atoms with Gasteiger partial charge in [-0.25, -0.2) is 4.79 Å². The quantitative estimate of drug-likeness (QED) is 0.412. The molecular formula is C10H16O4. The van der Waals surface area contributed by atoms with E-state index in [0.717, 1.165) is 0 Å². The van der Waals surface area contributed by atoms with Crippen molar-refractivity contribution < 1.29 is 19.4 Å². The Morgan fingerprint density at radius 2 is 2.14 bits per heavy atom. The first-order valence-corrected chi connectivity index (χ1v) is 4.53. The molecular weight excluding hydrogens is 184 g/mol. The lowest BCUT2D eigenvalue weighted by molar-refractivity contribution is -0.150. The lowest BCUT2D eigenvalue weighted by Crippen LogP contribution is -2.26. The van der Waals surface area contributed by atoms with Gasteiger partial charge in [-0.2, -0.15) is 0 Å². The highest BCUT2D eigenvalue weighted by molar-refractivity contribution is 5.89. The van der Waals surface area contributed by atoms with Gasteiger partial charge >= 0.3 is 5.97 Å². The van der Waals surface area contributed by atoms with E-state index in [1.165, 1.54) is 0 Å². The van der Waals surface area contributed by atoms with Crippen LogP contribution in [0, 0.1) is 0 Å². The maximum Gasteiger partial charge on any atom is 0.336 e. The van der Waals surface area contributed by atoms with Gasteiger partial charge in [-0.05, 0) is 20.8 Å². The summed E-state index contributed by atoms with van der Waals surface area (Å²) in [6.45, 7) is 8.86. The molecule has 1 heterocycles. The second-order valence-electron chi connectivity index (χ2n) is 4.30. The van der Waals surface area contributed by atoms with Crippen molar-refractivity contribution in [1.29, 1.82) is 0 Å². The first kappa shape index (κ1) is 11.2. The first-order chi connectivity index (χ1) is 6.35. The molecule has 2 atom stereocenters. The van der Waals surface area contributed by atoms with Crippen LogP contribution in [0.4, 0.5) is 0 Å². The molecule has 4 nitrogen and oxygen atoms in total. The summed E-state index contributed by atoms with van der Waals surface area (Å²) in [4.78, 5) is 11.4. The third kappa shape index (κ3) is 2.82. The molecule has 1 N–H and O–H groups in total. The van der Waals surface area contributed by atoms with Gasteiger partial charge in [0.15, 0.2) is 0 Å². The molecule has 1 rings (SSSR count). The van der Waals surface area contributed by atoms with Gasteiger partial charge in [0, 0.05) is 0 Å². The number of carbonyl (C=O) groups excluding carboxylic acids is 1. The number of aliphatic hydroxyl groups is 1. The van der Waals surface area contributed by atoms with Crippen LogP contribution in [0.3, 0.4) is 0 Å². The van der Waals surface area contributed by atoms with Crippen molar-refractivity contribution in [3.63, 3.8) is 0 Å². The normalized spacial score (nSPS) is 25.7. The van der Waals surface area contributed by atoms with Gasteiger partial charge in [0.2, 0.25) is 0 Å². The minimum absolute atomic E-state index is 0.0908. The Balaban J connectivity index is 2.43. The number of rotatable bonds is 3. The summed E-state index contributed by atoms with van der Waals surface area (Å²) in [6, 6.07) is 0. The summed E-state index contributed by atoms with van der Waals surface area (Å²) < 4.78 is 10.1. The summed E-state index contributed by atoms with van der Waals surface area (Å²) in [5, 5.41) is 8.72. The van der Waals surface area contributed by atoms with Crippen LogP contribution in [-0.4, -0.2) is 35.5 Å². The lowest BCUT2D eigenvalue weighted by Gasteiger charge is -2.19. The Morgan fingerprint density at radius 3 is 2.50 bits per heavy atom. The van der Waals surface area contributed by atoms with Crippen LogP contribution in [0.1, 0.15) is 20.8 Å². The average Bonchev–Trinajstić information content (AvgIpc) is 2.78. The van der Waals surface area contributed by atoms with Gasteiger partial charge < -0.3 is 14.6 Å². The maximum atomic E-state index is 11.4. The third-order valence-electron chi connectivity index (χ3n) is 1.77. The second-order valence-corrected chi connectivity index (χ2v) is 4.30. The Labute approximate surface area is 83.5 Å². The minimum Gasteiger partial charge on any atom is -0.457 e. The Hall–Kier alpha value is -0.870. The Bertz CT molecular complexity index is 251. The van der Waals surface area contributed by atoms with Crippen molar-refractivity contribution in [1.82, 2.24) is 0 Å². The number of aliphatic hydroxyl groups excluding tert-OH is 1. The predicted molar refractivity (Wildman–Crippen MR) is 50.7 cm³/mol. The van der Waals surface area contributed by atoms with E-state index < -0.39 is 11.6 Å². The van der Waals surface area contributed by atoms with E-state index in [9.17, 15) is 4.79 Å². The van der Waals surface area contributed by atoms with Crippen molar-refractivity contribution >= 4 is 5.97 Å². The highest BCUT2D eigenvalue weighted by Gasteiger charge is 2.43. The zero-order valence-electron chi connectivity index (χ0n) is 8.74. The van der Waals surface area contributed by atoms with Gasteiger partial charge in [0.25, 0.3) is 0 Å². The van der Waals surface area contributed by atoms with Crippen molar-refractivity contribution in [3.05, 3.63) is 12.2 Å². The molecule has 0 aromatic rings. The molecule has 1 saturated heterocycles. The second kappa shape index (κ2) is 3.71. The highest BCUT2D eigenvalue weighted by Crippen LogP contribution is 2.29. The molecule has 1 fully saturated rings. The number of ether oxygens (including phenoxy) is 2. The fraction of sp³-hybridized carbons (Fsp3) is 0.700. The van der Waals surface area contributed by atoms with Crippen LogP contribution in [0.25, 0.3) is 0 Å². The van der Waals surface area contributed by atoms with Crippen LogP contribution in [0.5, 0.6) is 0 Å². The van der Waals surface area contributed by atoms with E-state index in [2.05, 4.69) is 6.58 Å². The first-order valence-electron chi connectivity index (χ1n) is 4.53. The molecule has 14 heavy (non-hydrogen) atoms. The summed E-state index contributed by atoms with van der Waals surface area (Å²) >= 11 is 0.